The molecule has 0 spiro atoms. The van der Waals surface area contributed by atoms with Gasteiger partial charge in [0.05, 0.1) is 22.7 Å². The molecule has 204 valence electrons. The van der Waals surface area contributed by atoms with E-state index in [9.17, 15) is 31.5 Å². The van der Waals surface area contributed by atoms with Gasteiger partial charge in [0.2, 0.25) is 15.9 Å². The van der Waals surface area contributed by atoms with Crippen LogP contribution in [0.25, 0.3) is 0 Å². The third kappa shape index (κ3) is 6.83. The number of carbonyl (C=O) groups is 1. The van der Waals surface area contributed by atoms with Crippen LogP contribution in [0.15, 0.2) is 41.3 Å². The highest BCUT2D eigenvalue weighted by molar-refractivity contribution is 7.89. The third-order valence-corrected chi connectivity index (χ3v) is 9.00. The molecule has 7 nitrogen and oxygen atoms in total. The lowest BCUT2D eigenvalue weighted by atomic mass is 9.83. The molecule has 37 heavy (non-hydrogen) atoms. The quantitative estimate of drug-likeness (QED) is 0.489. The smallest absolute Gasteiger partial charge is 0.385 e. The maximum Gasteiger partial charge on any atom is 0.416 e. The van der Waals surface area contributed by atoms with Crippen LogP contribution in [0.5, 0.6) is 0 Å². The van der Waals surface area contributed by atoms with Crippen LogP contribution in [0.1, 0.15) is 35.1 Å². The van der Waals surface area contributed by atoms with Crippen molar-refractivity contribution in [3.63, 3.8) is 0 Å². The number of amides is 1. The number of aliphatic hydroxyl groups is 1. The zero-order chi connectivity index (χ0) is 27.6. The zero-order valence-corrected chi connectivity index (χ0v) is 22.4. The number of rotatable bonds is 8. The Morgan fingerprint density at radius 2 is 1.81 bits per heavy atom. The molecule has 2 aromatic carbocycles. The molecule has 1 fully saturated rings. The van der Waals surface area contributed by atoms with Crippen molar-refractivity contribution in [1.82, 2.24) is 9.21 Å². The van der Waals surface area contributed by atoms with Crippen LogP contribution in [0.2, 0.25) is 5.02 Å². The summed E-state index contributed by atoms with van der Waals surface area (Å²) in [7, 11) is -2.36. The summed E-state index contributed by atoms with van der Waals surface area (Å²) in [5.41, 5.74) is -0.968. The highest BCUT2D eigenvalue weighted by atomic mass is 35.5. The highest BCUT2D eigenvalue weighted by Crippen LogP contribution is 2.36. The minimum absolute atomic E-state index is 0.0187. The first-order valence-corrected chi connectivity index (χ1v) is 13.5. The Kier molecular flexibility index (Phi) is 8.96. The number of likely N-dealkylation sites (tertiary alicyclic amines) is 1. The van der Waals surface area contributed by atoms with Gasteiger partial charge in [-0.25, -0.2) is 8.42 Å². The first-order valence-electron chi connectivity index (χ1n) is 11.6. The van der Waals surface area contributed by atoms with Crippen molar-refractivity contribution in [2.24, 2.45) is 0 Å². The van der Waals surface area contributed by atoms with Crippen molar-refractivity contribution in [2.45, 2.75) is 43.4 Å². The van der Waals surface area contributed by atoms with E-state index in [2.05, 4.69) is 0 Å². The van der Waals surface area contributed by atoms with Crippen LogP contribution < -0.4 is 0 Å². The standard InChI is InChI=1S/C25H30ClF3N2O5S/c1-17-14-22(18(2)13-21(17)26)37(34,35)30(3)11-12-36-16-23(32)31-9-7-24(33,8-10-31)19-5-4-6-20(15-19)25(27,28)29/h4-6,13-15,33H,7-12,16H2,1-3H3. The number of piperidine rings is 1. The van der Waals surface area contributed by atoms with Crippen molar-refractivity contribution in [2.75, 3.05) is 39.9 Å². The molecule has 0 bridgehead atoms. The van der Waals surface area contributed by atoms with E-state index in [1.165, 1.54) is 30.1 Å². The van der Waals surface area contributed by atoms with E-state index in [1.807, 2.05) is 0 Å². The van der Waals surface area contributed by atoms with Gasteiger partial charge in [0.1, 0.15) is 6.61 Å². The summed E-state index contributed by atoms with van der Waals surface area (Å²) in [6.07, 6.45) is -4.35. The van der Waals surface area contributed by atoms with E-state index in [0.29, 0.717) is 16.1 Å². The fraction of sp³-hybridized carbons (Fsp3) is 0.480. The first kappa shape index (κ1) is 29.4. The fourth-order valence-electron chi connectivity index (χ4n) is 4.16. The number of benzene rings is 2. The summed E-state index contributed by atoms with van der Waals surface area (Å²) in [6, 6.07) is 7.72. The number of aryl methyl sites for hydroxylation is 2. The predicted molar refractivity (Wildman–Crippen MR) is 133 cm³/mol. The molecule has 0 atom stereocenters. The van der Waals surface area contributed by atoms with E-state index in [4.69, 9.17) is 16.3 Å². The predicted octanol–water partition coefficient (Wildman–Crippen LogP) is 4.12. The SMILES string of the molecule is Cc1cc(S(=O)(=O)N(C)CCOCC(=O)N2CCC(O)(c3cccc(C(F)(F)F)c3)CC2)c(C)cc1Cl. The van der Waals surface area contributed by atoms with Crippen molar-refractivity contribution in [3.05, 3.63) is 63.7 Å². The second kappa shape index (κ2) is 11.3. The molecule has 0 saturated carbocycles. The summed E-state index contributed by atoms with van der Waals surface area (Å²) in [5.74, 6) is -0.347. The van der Waals surface area contributed by atoms with Gasteiger partial charge in [-0.05, 0) is 67.6 Å². The van der Waals surface area contributed by atoms with E-state index in [0.717, 1.165) is 16.4 Å². The summed E-state index contributed by atoms with van der Waals surface area (Å²) in [4.78, 5) is 14.2. The Labute approximate surface area is 219 Å². The molecule has 0 aliphatic carbocycles. The number of ether oxygens (including phenoxy) is 1. The molecular weight excluding hydrogens is 533 g/mol. The lowest BCUT2D eigenvalue weighted by Crippen LogP contribution is -2.46. The van der Waals surface area contributed by atoms with Crippen molar-refractivity contribution in [1.29, 1.82) is 0 Å². The molecule has 0 radical (unpaired) electrons. The normalized spacial score (nSPS) is 16.3. The van der Waals surface area contributed by atoms with E-state index in [1.54, 1.807) is 19.9 Å². The number of likely N-dealkylation sites (N-methyl/N-ethyl adjacent to an activating group) is 1. The van der Waals surface area contributed by atoms with Gasteiger partial charge in [-0.2, -0.15) is 17.5 Å². The van der Waals surface area contributed by atoms with Crippen LogP contribution in [-0.4, -0.2) is 68.5 Å². The minimum Gasteiger partial charge on any atom is -0.385 e. The molecule has 3 rings (SSSR count). The van der Waals surface area contributed by atoms with Crippen molar-refractivity contribution in [3.8, 4) is 0 Å². The molecule has 1 N–H and O–H groups in total. The molecule has 0 unspecified atom stereocenters. The number of carbonyl (C=O) groups excluding carboxylic acids is 1. The number of sulfonamides is 1. The Hall–Kier alpha value is -2.18. The fourth-order valence-corrected chi connectivity index (χ4v) is 5.82. The van der Waals surface area contributed by atoms with Crippen LogP contribution in [0, 0.1) is 13.8 Å². The molecular formula is C25H30ClF3N2O5S. The van der Waals surface area contributed by atoms with Gasteiger partial charge in [-0.1, -0.05) is 23.7 Å². The first-order chi connectivity index (χ1) is 17.1. The zero-order valence-electron chi connectivity index (χ0n) is 20.8. The molecule has 1 aliphatic rings. The van der Waals surface area contributed by atoms with Gasteiger partial charge < -0.3 is 14.7 Å². The number of nitrogens with zero attached hydrogens (tertiary/aromatic N) is 2. The maximum absolute atomic E-state index is 13.0. The molecule has 0 aromatic heterocycles. The monoisotopic (exact) mass is 562 g/mol. The molecule has 1 amide bonds. The number of hydrogen-bond donors (Lipinski definition) is 1. The molecule has 2 aromatic rings. The Balaban J connectivity index is 1.49. The molecule has 1 heterocycles. The summed E-state index contributed by atoms with van der Waals surface area (Å²) < 4.78 is 71.5. The van der Waals surface area contributed by atoms with Gasteiger partial charge in [0.15, 0.2) is 0 Å². The topological polar surface area (TPSA) is 87.2 Å². The average molecular weight is 563 g/mol. The minimum atomic E-state index is -4.51. The second-order valence-corrected chi connectivity index (χ2v) is 11.7. The van der Waals surface area contributed by atoms with Gasteiger partial charge in [0.25, 0.3) is 0 Å². The van der Waals surface area contributed by atoms with Gasteiger partial charge >= 0.3 is 6.18 Å². The lowest BCUT2D eigenvalue weighted by molar-refractivity contribution is -0.140. The number of halogens is 4. The average Bonchev–Trinajstić information content (AvgIpc) is 2.83. The summed E-state index contributed by atoms with van der Waals surface area (Å²) >= 11 is 6.06. The Morgan fingerprint density at radius 3 is 2.43 bits per heavy atom. The summed E-state index contributed by atoms with van der Waals surface area (Å²) in [5, 5.41) is 11.4. The van der Waals surface area contributed by atoms with Crippen LogP contribution in [-0.2, 0) is 31.3 Å². The Morgan fingerprint density at radius 1 is 1.16 bits per heavy atom. The van der Waals surface area contributed by atoms with E-state index in [-0.39, 0.29) is 62.1 Å². The van der Waals surface area contributed by atoms with Gasteiger partial charge in [-0.3, -0.25) is 4.79 Å². The van der Waals surface area contributed by atoms with Crippen molar-refractivity contribution >= 4 is 27.5 Å². The van der Waals surface area contributed by atoms with E-state index < -0.39 is 27.4 Å². The van der Waals surface area contributed by atoms with E-state index >= 15 is 0 Å². The van der Waals surface area contributed by atoms with Gasteiger partial charge in [0, 0.05) is 31.7 Å². The van der Waals surface area contributed by atoms with Crippen molar-refractivity contribution < 1.29 is 36.2 Å². The van der Waals surface area contributed by atoms with Crippen LogP contribution in [0.3, 0.4) is 0 Å². The second-order valence-electron chi connectivity index (χ2n) is 9.24. The lowest BCUT2D eigenvalue weighted by Gasteiger charge is -2.38. The van der Waals surface area contributed by atoms with Crippen LogP contribution >= 0.6 is 11.6 Å². The largest absolute Gasteiger partial charge is 0.416 e. The summed E-state index contributed by atoms with van der Waals surface area (Å²) in [6.45, 7) is 3.40. The highest BCUT2D eigenvalue weighted by Gasteiger charge is 2.38. The number of alkyl halides is 3. The maximum atomic E-state index is 13.0. The third-order valence-electron chi connectivity index (χ3n) is 6.59. The number of hydrogen-bond acceptors (Lipinski definition) is 5. The van der Waals surface area contributed by atoms with Gasteiger partial charge in [-0.15, -0.1) is 0 Å². The Bertz CT molecular complexity index is 1250. The van der Waals surface area contributed by atoms with Crippen LogP contribution in [0.4, 0.5) is 13.2 Å². The molecule has 12 heteroatoms. The molecule has 1 aliphatic heterocycles. The molecule has 1 saturated heterocycles.